The second-order valence-corrected chi connectivity index (χ2v) is 6.70. The van der Waals surface area contributed by atoms with Crippen LogP contribution in [0.4, 0.5) is 0 Å². The van der Waals surface area contributed by atoms with E-state index in [1.54, 1.807) is 6.20 Å². The fraction of sp³-hybridized carbons (Fsp3) is 0.600. The Hall–Kier alpha value is -1.20. The molecule has 1 aromatic heterocycles. The minimum atomic E-state index is 0.237. The highest BCUT2D eigenvalue weighted by molar-refractivity contribution is 7.80. The van der Waals surface area contributed by atoms with Gasteiger partial charge in [0.05, 0.1) is 0 Å². The second kappa shape index (κ2) is 6.50. The summed E-state index contributed by atoms with van der Waals surface area (Å²) in [6, 6.07) is 4.42. The molecule has 0 aromatic carbocycles. The second-order valence-electron chi connectivity index (χ2n) is 6.29. The summed E-state index contributed by atoms with van der Waals surface area (Å²) in [7, 11) is 0. The molecule has 0 aliphatic carbocycles. The van der Waals surface area contributed by atoms with Gasteiger partial charge in [-0.25, -0.2) is 0 Å². The molecule has 2 rings (SSSR count). The number of rotatable bonds is 3. The molecule has 0 unspecified atom stereocenters. The first kappa shape index (κ1) is 15.2. The van der Waals surface area contributed by atoms with Crippen LogP contribution in [0.5, 0.6) is 0 Å². The fourth-order valence-electron chi connectivity index (χ4n) is 2.41. The van der Waals surface area contributed by atoms with Gasteiger partial charge in [-0.3, -0.25) is 9.88 Å². The number of likely N-dealkylation sites (tertiary alicyclic amines) is 1. The molecule has 1 saturated heterocycles. The Balaban J connectivity index is 1.73. The maximum atomic E-state index is 5.36. The van der Waals surface area contributed by atoms with E-state index in [0.717, 1.165) is 36.7 Å². The third-order valence-corrected chi connectivity index (χ3v) is 3.91. The lowest BCUT2D eigenvalue weighted by atomic mass is 10.1. The molecule has 0 amide bonds. The molecule has 4 nitrogen and oxygen atoms in total. The monoisotopic (exact) mass is 292 g/mol. The van der Waals surface area contributed by atoms with Crippen molar-refractivity contribution in [2.24, 2.45) is 0 Å². The van der Waals surface area contributed by atoms with Gasteiger partial charge < -0.3 is 10.6 Å². The van der Waals surface area contributed by atoms with E-state index in [1.807, 2.05) is 18.3 Å². The molecule has 1 aliphatic heterocycles. The highest BCUT2D eigenvalue weighted by Crippen LogP contribution is 2.20. The molecular formula is C15H24N4S. The minimum Gasteiger partial charge on any atom is -0.359 e. The van der Waals surface area contributed by atoms with E-state index in [1.165, 1.54) is 0 Å². The lowest BCUT2D eigenvalue weighted by Gasteiger charge is -2.31. The molecule has 0 bridgehead atoms. The molecular weight excluding hydrogens is 268 g/mol. The number of hydrogen-bond acceptors (Lipinski definition) is 3. The Labute approximate surface area is 127 Å². The number of nitrogens with one attached hydrogen (secondary N) is 2. The summed E-state index contributed by atoms with van der Waals surface area (Å²) < 4.78 is 0. The Bertz CT molecular complexity index is 441. The van der Waals surface area contributed by atoms with Gasteiger partial charge >= 0.3 is 0 Å². The van der Waals surface area contributed by atoms with E-state index in [2.05, 4.69) is 41.3 Å². The quantitative estimate of drug-likeness (QED) is 0.833. The molecule has 2 heterocycles. The molecule has 1 atom stereocenters. The normalized spacial score (nSPS) is 19.9. The summed E-state index contributed by atoms with van der Waals surface area (Å²) in [6.45, 7) is 9.68. The van der Waals surface area contributed by atoms with Gasteiger partial charge in [0.25, 0.3) is 0 Å². The zero-order valence-electron chi connectivity index (χ0n) is 12.5. The van der Waals surface area contributed by atoms with Crippen molar-refractivity contribution >= 4 is 17.3 Å². The molecule has 110 valence electrons. The lowest BCUT2D eigenvalue weighted by Crippen LogP contribution is -2.45. The predicted molar refractivity (Wildman–Crippen MR) is 86.5 cm³/mol. The molecule has 0 radical (unpaired) electrons. The largest absolute Gasteiger partial charge is 0.359 e. The lowest BCUT2D eigenvalue weighted by molar-refractivity contribution is 0.172. The smallest absolute Gasteiger partial charge is 0.166 e. The van der Waals surface area contributed by atoms with Gasteiger partial charge in [-0.2, -0.15) is 0 Å². The van der Waals surface area contributed by atoms with Crippen molar-refractivity contribution in [2.75, 3.05) is 13.1 Å². The third-order valence-electron chi connectivity index (χ3n) is 3.65. The number of aromatic nitrogens is 1. The fourth-order valence-corrected chi connectivity index (χ4v) is 2.65. The van der Waals surface area contributed by atoms with Crippen molar-refractivity contribution in [3.63, 3.8) is 0 Å². The highest BCUT2D eigenvalue weighted by Gasteiger charge is 2.30. The zero-order chi connectivity index (χ0) is 14.6. The van der Waals surface area contributed by atoms with E-state index in [0.29, 0.717) is 6.04 Å². The summed E-state index contributed by atoms with van der Waals surface area (Å²) in [6.07, 6.45) is 4.78. The zero-order valence-corrected chi connectivity index (χ0v) is 13.3. The first-order chi connectivity index (χ1) is 9.45. The number of hydrogen-bond donors (Lipinski definition) is 2. The molecule has 2 N–H and O–H groups in total. The van der Waals surface area contributed by atoms with Crippen LogP contribution in [0.25, 0.3) is 0 Å². The van der Waals surface area contributed by atoms with Crippen molar-refractivity contribution in [1.29, 1.82) is 0 Å². The van der Waals surface area contributed by atoms with Crippen molar-refractivity contribution in [3.05, 3.63) is 30.1 Å². The summed E-state index contributed by atoms with van der Waals surface area (Å²) in [5.41, 5.74) is 1.38. The Morgan fingerprint density at radius 3 is 2.90 bits per heavy atom. The van der Waals surface area contributed by atoms with E-state index in [-0.39, 0.29) is 5.54 Å². The SMILES string of the molecule is CC(C)(C)N1CC[C@H](NC(=S)NCc2cccnc2)C1. The molecule has 1 fully saturated rings. The first-order valence-corrected chi connectivity index (χ1v) is 7.54. The van der Waals surface area contributed by atoms with Gasteiger partial charge in [0, 0.05) is 43.6 Å². The first-order valence-electron chi connectivity index (χ1n) is 7.13. The van der Waals surface area contributed by atoms with Crippen molar-refractivity contribution in [2.45, 2.75) is 45.3 Å². The van der Waals surface area contributed by atoms with Gasteiger partial charge in [-0.15, -0.1) is 0 Å². The average molecular weight is 292 g/mol. The van der Waals surface area contributed by atoms with E-state index in [9.17, 15) is 0 Å². The molecule has 1 aromatic rings. The number of nitrogens with zero attached hydrogens (tertiary/aromatic N) is 2. The summed E-state index contributed by atoms with van der Waals surface area (Å²) in [5.74, 6) is 0. The van der Waals surface area contributed by atoms with Crippen LogP contribution < -0.4 is 10.6 Å². The molecule has 0 saturated carbocycles. The molecule has 20 heavy (non-hydrogen) atoms. The van der Waals surface area contributed by atoms with Crippen LogP contribution in [0.1, 0.15) is 32.8 Å². The van der Waals surface area contributed by atoms with Crippen LogP contribution in [0.15, 0.2) is 24.5 Å². The van der Waals surface area contributed by atoms with E-state index < -0.39 is 0 Å². The van der Waals surface area contributed by atoms with Crippen molar-refractivity contribution in [1.82, 2.24) is 20.5 Å². The summed E-state index contributed by atoms with van der Waals surface area (Å²) >= 11 is 5.36. The van der Waals surface area contributed by atoms with Crippen LogP contribution in [-0.2, 0) is 6.54 Å². The summed E-state index contributed by atoms with van der Waals surface area (Å²) in [4.78, 5) is 6.59. The predicted octanol–water partition coefficient (Wildman–Crippen LogP) is 1.92. The van der Waals surface area contributed by atoms with Gasteiger partial charge in [0.2, 0.25) is 0 Å². The van der Waals surface area contributed by atoms with Gasteiger partial charge in [-0.1, -0.05) is 6.07 Å². The highest BCUT2D eigenvalue weighted by atomic mass is 32.1. The van der Waals surface area contributed by atoms with Crippen LogP contribution in [-0.4, -0.2) is 39.7 Å². The topological polar surface area (TPSA) is 40.2 Å². The van der Waals surface area contributed by atoms with Crippen LogP contribution in [0.3, 0.4) is 0 Å². The van der Waals surface area contributed by atoms with Crippen molar-refractivity contribution in [3.8, 4) is 0 Å². The van der Waals surface area contributed by atoms with Crippen molar-refractivity contribution < 1.29 is 0 Å². The van der Waals surface area contributed by atoms with E-state index >= 15 is 0 Å². The van der Waals surface area contributed by atoms with Crippen LogP contribution >= 0.6 is 12.2 Å². The Morgan fingerprint density at radius 2 is 2.30 bits per heavy atom. The van der Waals surface area contributed by atoms with Crippen LogP contribution in [0.2, 0.25) is 0 Å². The molecule has 1 aliphatic rings. The van der Waals surface area contributed by atoms with Gasteiger partial charge in [0.15, 0.2) is 5.11 Å². The third kappa shape index (κ3) is 4.42. The number of pyridine rings is 1. The van der Waals surface area contributed by atoms with Gasteiger partial charge in [-0.05, 0) is 51.0 Å². The number of thiocarbonyl (C=S) groups is 1. The summed E-state index contributed by atoms with van der Waals surface area (Å²) in [5, 5.41) is 7.38. The standard InChI is InChI=1S/C15H24N4S/c1-15(2,3)19-8-6-13(11-19)18-14(20)17-10-12-5-4-7-16-9-12/h4-5,7,9,13H,6,8,10-11H2,1-3H3,(H2,17,18,20)/t13-/m0/s1. The van der Waals surface area contributed by atoms with Crippen LogP contribution in [0, 0.1) is 0 Å². The maximum Gasteiger partial charge on any atom is 0.166 e. The Morgan fingerprint density at radius 1 is 1.50 bits per heavy atom. The molecule has 0 spiro atoms. The maximum absolute atomic E-state index is 5.36. The van der Waals surface area contributed by atoms with Gasteiger partial charge in [0.1, 0.15) is 0 Å². The average Bonchev–Trinajstić information content (AvgIpc) is 2.86. The van der Waals surface area contributed by atoms with E-state index in [4.69, 9.17) is 12.2 Å². The molecule has 5 heteroatoms. The Kier molecular flexibility index (Phi) is 4.94. The minimum absolute atomic E-state index is 0.237.